The Hall–Kier alpha value is -3.75. The summed E-state index contributed by atoms with van der Waals surface area (Å²) in [5.41, 5.74) is 3.04. The number of aromatic nitrogens is 2. The summed E-state index contributed by atoms with van der Waals surface area (Å²) in [5.74, 6) is 0.0117. The molecule has 5 rings (SSSR count). The number of pyridine rings is 1. The van der Waals surface area contributed by atoms with E-state index in [0.717, 1.165) is 62.2 Å². The second-order valence-electron chi connectivity index (χ2n) is 8.81. The van der Waals surface area contributed by atoms with Gasteiger partial charge in [0.05, 0.1) is 18.9 Å². The highest BCUT2D eigenvalue weighted by atomic mass is 16.5. The van der Waals surface area contributed by atoms with E-state index in [1.165, 1.54) is 6.26 Å². The van der Waals surface area contributed by atoms with Gasteiger partial charge in [-0.3, -0.25) is 19.1 Å². The summed E-state index contributed by atoms with van der Waals surface area (Å²) in [6, 6.07) is 14.9. The average molecular weight is 473 g/mol. The minimum absolute atomic E-state index is 0.102. The van der Waals surface area contributed by atoms with Gasteiger partial charge in [-0.05, 0) is 67.1 Å². The van der Waals surface area contributed by atoms with Crippen molar-refractivity contribution in [2.75, 3.05) is 38.2 Å². The summed E-state index contributed by atoms with van der Waals surface area (Å²) >= 11 is 0. The van der Waals surface area contributed by atoms with Gasteiger partial charge >= 0.3 is 0 Å². The molecule has 4 aromatic rings. The number of hydrogen-bond donors (Lipinski definition) is 1. The van der Waals surface area contributed by atoms with Crippen molar-refractivity contribution in [2.45, 2.75) is 19.8 Å². The number of benzene rings is 2. The predicted molar refractivity (Wildman–Crippen MR) is 134 cm³/mol. The number of nitrogens with one attached hydrogen (secondary N) is 1. The third-order valence-corrected chi connectivity index (χ3v) is 6.42. The molecule has 2 aromatic carbocycles. The highest BCUT2D eigenvalue weighted by Crippen LogP contribution is 2.19. The number of rotatable bonds is 7. The van der Waals surface area contributed by atoms with E-state index in [-0.39, 0.29) is 11.5 Å². The van der Waals surface area contributed by atoms with Gasteiger partial charge in [-0.25, -0.2) is 0 Å². The molecule has 1 fully saturated rings. The Morgan fingerprint density at radius 1 is 1.09 bits per heavy atom. The zero-order valence-corrected chi connectivity index (χ0v) is 19.7. The number of aryl methyl sites for hydroxylation is 2. The molecule has 0 unspecified atom stereocenters. The van der Waals surface area contributed by atoms with Crippen molar-refractivity contribution in [1.29, 1.82) is 0 Å². The van der Waals surface area contributed by atoms with Crippen molar-refractivity contribution in [3.63, 3.8) is 0 Å². The number of fused-ring (bicyclic) bond motifs is 1. The molecule has 1 amide bonds. The largest absolute Gasteiger partial charge is 0.379 e. The van der Waals surface area contributed by atoms with Gasteiger partial charge in [-0.1, -0.05) is 23.4 Å². The van der Waals surface area contributed by atoms with Crippen LogP contribution in [0.3, 0.4) is 0 Å². The van der Waals surface area contributed by atoms with Crippen LogP contribution in [0.25, 0.3) is 16.5 Å². The van der Waals surface area contributed by atoms with Crippen LogP contribution < -0.4 is 10.9 Å². The first-order valence-electron chi connectivity index (χ1n) is 11.9. The van der Waals surface area contributed by atoms with Gasteiger partial charge in [-0.15, -0.1) is 0 Å². The van der Waals surface area contributed by atoms with E-state index in [1.807, 2.05) is 31.2 Å². The van der Waals surface area contributed by atoms with Gasteiger partial charge < -0.3 is 14.6 Å². The monoisotopic (exact) mass is 472 g/mol. The topological polar surface area (TPSA) is 89.6 Å². The standard InChI is InChI=1S/C27H28N4O4/c1-19-4-6-22(26(32)28-25-9-14-35-29-25)18-24(19)31-11-8-21-7-5-20(17-23(21)27(31)33)3-2-10-30-12-15-34-16-13-30/h4-9,11,14,17-18H,2-3,10,12-13,15-16H2,1H3,(H,28,29,32). The average Bonchev–Trinajstić information content (AvgIpc) is 3.39. The van der Waals surface area contributed by atoms with E-state index in [9.17, 15) is 9.59 Å². The second kappa shape index (κ2) is 10.2. The predicted octanol–water partition coefficient (Wildman–Crippen LogP) is 3.80. The molecule has 1 aliphatic rings. The first kappa shape index (κ1) is 23.0. The van der Waals surface area contributed by atoms with Crippen molar-refractivity contribution < 1.29 is 14.1 Å². The minimum Gasteiger partial charge on any atom is -0.379 e. The number of nitrogens with zero attached hydrogens (tertiary/aromatic N) is 3. The number of hydrogen-bond acceptors (Lipinski definition) is 6. The van der Waals surface area contributed by atoms with Gasteiger partial charge in [0, 0.05) is 36.3 Å². The maximum Gasteiger partial charge on any atom is 0.262 e. The molecule has 8 nitrogen and oxygen atoms in total. The van der Waals surface area contributed by atoms with Crippen LogP contribution in [-0.2, 0) is 11.2 Å². The molecule has 2 aromatic heterocycles. The van der Waals surface area contributed by atoms with Crippen molar-refractivity contribution >= 4 is 22.5 Å². The van der Waals surface area contributed by atoms with E-state index in [1.54, 1.807) is 29.0 Å². The Kier molecular flexibility index (Phi) is 6.74. The number of morpholine rings is 1. The first-order chi connectivity index (χ1) is 17.1. The highest BCUT2D eigenvalue weighted by Gasteiger charge is 2.14. The van der Waals surface area contributed by atoms with E-state index in [4.69, 9.17) is 9.26 Å². The van der Waals surface area contributed by atoms with E-state index in [0.29, 0.717) is 22.5 Å². The van der Waals surface area contributed by atoms with Crippen molar-refractivity contribution in [3.8, 4) is 5.69 Å². The summed E-state index contributed by atoms with van der Waals surface area (Å²) < 4.78 is 11.8. The van der Waals surface area contributed by atoms with Crippen LogP contribution in [0.4, 0.5) is 5.82 Å². The van der Waals surface area contributed by atoms with Crippen LogP contribution >= 0.6 is 0 Å². The van der Waals surface area contributed by atoms with Crippen LogP contribution in [0.1, 0.15) is 27.9 Å². The molecule has 8 heteroatoms. The van der Waals surface area contributed by atoms with Crippen LogP contribution in [0.5, 0.6) is 0 Å². The van der Waals surface area contributed by atoms with Crippen LogP contribution in [0, 0.1) is 6.92 Å². The molecule has 0 atom stereocenters. The van der Waals surface area contributed by atoms with Gasteiger partial charge in [-0.2, -0.15) is 0 Å². The van der Waals surface area contributed by atoms with Crippen molar-refractivity contribution in [2.24, 2.45) is 0 Å². The molecule has 0 bridgehead atoms. The van der Waals surface area contributed by atoms with E-state index >= 15 is 0 Å². The zero-order valence-electron chi connectivity index (χ0n) is 19.7. The van der Waals surface area contributed by atoms with Crippen molar-refractivity contribution in [3.05, 3.63) is 88.0 Å². The molecule has 35 heavy (non-hydrogen) atoms. The summed E-state index contributed by atoms with van der Waals surface area (Å²) in [7, 11) is 0. The van der Waals surface area contributed by atoms with E-state index < -0.39 is 0 Å². The fourth-order valence-electron chi connectivity index (χ4n) is 4.44. The molecule has 0 radical (unpaired) electrons. The molecule has 0 aliphatic carbocycles. The summed E-state index contributed by atoms with van der Waals surface area (Å²) in [6.07, 6.45) is 5.11. The fourth-order valence-corrected chi connectivity index (χ4v) is 4.44. The number of ether oxygens (including phenoxy) is 1. The lowest BCUT2D eigenvalue weighted by molar-refractivity contribution is 0.0375. The Morgan fingerprint density at radius 2 is 1.94 bits per heavy atom. The Balaban J connectivity index is 1.39. The number of carbonyl (C=O) groups is 1. The maximum absolute atomic E-state index is 13.5. The smallest absolute Gasteiger partial charge is 0.262 e. The zero-order chi connectivity index (χ0) is 24.2. The quantitative estimate of drug-likeness (QED) is 0.440. The molecule has 0 saturated carbocycles. The lowest BCUT2D eigenvalue weighted by Crippen LogP contribution is -2.36. The number of amides is 1. The molecule has 3 heterocycles. The van der Waals surface area contributed by atoms with Gasteiger partial charge in [0.1, 0.15) is 6.26 Å². The fraction of sp³-hybridized carbons (Fsp3) is 0.296. The molecule has 180 valence electrons. The first-order valence-corrected chi connectivity index (χ1v) is 11.9. The summed E-state index contributed by atoms with van der Waals surface area (Å²) in [4.78, 5) is 28.6. The SMILES string of the molecule is Cc1ccc(C(=O)Nc2ccon2)cc1-n1ccc2ccc(CCCN3CCOCC3)cc2c1=O. The Morgan fingerprint density at radius 3 is 2.74 bits per heavy atom. The Bertz CT molecular complexity index is 1390. The number of anilines is 1. The molecular weight excluding hydrogens is 444 g/mol. The second-order valence-corrected chi connectivity index (χ2v) is 8.81. The normalized spacial score (nSPS) is 14.3. The summed E-state index contributed by atoms with van der Waals surface area (Å²) in [6.45, 7) is 6.53. The summed E-state index contributed by atoms with van der Waals surface area (Å²) in [5, 5.41) is 7.98. The third-order valence-electron chi connectivity index (χ3n) is 6.42. The minimum atomic E-state index is -0.323. The van der Waals surface area contributed by atoms with Crippen molar-refractivity contribution in [1.82, 2.24) is 14.6 Å². The molecule has 1 aliphatic heterocycles. The van der Waals surface area contributed by atoms with Crippen LogP contribution in [0.2, 0.25) is 0 Å². The van der Waals surface area contributed by atoms with Crippen LogP contribution in [0.15, 0.2) is 70.3 Å². The molecule has 1 N–H and O–H groups in total. The third kappa shape index (κ3) is 5.18. The highest BCUT2D eigenvalue weighted by molar-refractivity contribution is 6.04. The van der Waals surface area contributed by atoms with Crippen LogP contribution in [-0.4, -0.2) is 53.4 Å². The molecule has 0 spiro atoms. The lowest BCUT2D eigenvalue weighted by Gasteiger charge is -2.26. The maximum atomic E-state index is 13.5. The number of carbonyl (C=O) groups excluding carboxylic acids is 1. The van der Waals surface area contributed by atoms with Gasteiger partial charge in [0.25, 0.3) is 11.5 Å². The Labute approximate surface area is 203 Å². The molecule has 1 saturated heterocycles. The van der Waals surface area contributed by atoms with Gasteiger partial charge in [0.15, 0.2) is 5.82 Å². The molecular formula is C27H28N4O4. The van der Waals surface area contributed by atoms with Gasteiger partial charge in [0.2, 0.25) is 0 Å². The van der Waals surface area contributed by atoms with E-state index in [2.05, 4.69) is 21.4 Å². The lowest BCUT2D eigenvalue weighted by atomic mass is 10.0.